The van der Waals surface area contributed by atoms with Gasteiger partial charge in [0.1, 0.15) is 0 Å². The Morgan fingerprint density at radius 2 is 2.15 bits per heavy atom. The summed E-state index contributed by atoms with van der Waals surface area (Å²) in [5, 5.41) is 1.13. The molecule has 1 aromatic rings. The monoisotopic (exact) mass is 296 g/mol. The minimum absolute atomic E-state index is 0.487. The zero-order valence-corrected chi connectivity index (χ0v) is 11.1. The zero-order chi connectivity index (χ0) is 9.26. The minimum Gasteiger partial charge on any atom is -0.211 e. The normalized spacial score (nSPS) is 29.1. The van der Waals surface area contributed by atoms with Crippen molar-refractivity contribution in [3.05, 3.63) is 9.74 Å². The minimum atomic E-state index is 0.487. The van der Waals surface area contributed by atoms with Crippen molar-refractivity contribution in [1.29, 1.82) is 0 Å². The first-order valence-corrected chi connectivity index (χ1v) is 7.66. The molecule has 0 amide bonds. The third-order valence-corrected chi connectivity index (χ3v) is 6.08. The van der Waals surface area contributed by atoms with E-state index in [0.717, 1.165) is 9.74 Å². The van der Waals surface area contributed by atoms with E-state index in [1.165, 1.54) is 23.0 Å². The molecule has 0 aromatic carbocycles. The third kappa shape index (κ3) is 2.40. The summed E-state index contributed by atoms with van der Waals surface area (Å²) in [7, 11) is 0. The van der Waals surface area contributed by atoms with Crippen molar-refractivity contribution in [3.63, 3.8) is 0 Å². The van der Waals surface area contributed by atoms with Crippen LogP contribution in [0.4, 0.5) is 0 Å². The Labute approximate surface area is 98.6 Å². The van der Waals surface area contributed by atoms with Crippen molar-refractivity contribution in [2.45, 2.75) is 17.4 Å². The summed E-state index contributed by atoms with van der Waals surface area (Å²) in [6, 6.07) is 0. The maximum atomic E-state index is 4.37. The Balaban J connectivity index is 2.14. The van der Waals surface area contributed by atoms with E-state index in [2.05, 4.69) is 32.2 Å². The molecule has 13 heavy (non-hydrogen) atoms. The standard InChI is InChI=1S/C7H9BrN2S3/c1-4-5(12-3-2-11-4)6-9-7(8)13-10-6/h4-5H,2-3H2,1H3. The summed E-state index contributed by atoms with van der Waals surface area (Å²) >= 11 is 8.78. The van der Waals surface area contributed by atoms with Gasteiger partial charge in [-0.05, 0) is 27.5 Å². The van der Waals surface area contributed by atoms with Crippen LogP contribution in [0, 0.1) is 0 Å². The molecule has 2 unspecified atom stereocenters. The third-order valence-electron chi connectivity index (χ3n) is 1.86. The fourth-order valence-electron chi connectivity index (χ4n) is 1.25. The molecule has 2 nitrogen and oxygen atoms in total. The lowest BCUT2D eigenvalue weighted by molar-refractivity contribution is 0.846. The molecule has 0 aliphatic carbocycles. The van der Waals surface area contributed by atoms with Gasteiger partial charge in [0.15, 0.2) is 9.74 Å². The summed E-state index contributed by atoms with van der Waals surface area (Å²) in [4.78, 5) is 4.37. The van der Waals surface area contributed by atoms with Crippen LogP contribution in [0.2, 0.25) is 0 Å². The fraction of sp³-hybridized carbons (Fsp3) is 0.714. The first kappa shape index (κ1) is 10.3. The molecule has 1 fully saturated rings. The molecule has 0 spiro atoms. The second-order valence-electron chi connectivity index (χ2n) is 2.77. The van der Waals surface area contributed by atoms with Crippen molar-refractivity contribution in [2.75, 3.05) is 11.5 Å². The Bertz CT molecular complexity index is 291. The molecule has 2 heterocycles. The lowest BCUT2D eigenvalue weighted by Crippen LogP contribution is -2.16. The van der Waals surface area contributed by atoms with Gasteiger partial charge in [-0.3, -0.25) is 0 Å². The Morgan fingerprint density at radius 3 is 2.77 bits per heavy atom. The van der Waals surface area contributed by atoms with Gasteiger partial charge in [-0.1, -0.05) is 6.92 Å². The molecule has 0 radical (unpaired) electrons. The quantitative estimate of drug-likeness (QED) is 0.795. The molecule has 1 aromatic heterocycles. The molecule has 1 aliphatic heterocycles. The van der Waals surface area contributed by atoms with E-state index < -0.39 is 0 Å². The van der Waals surface area contributed by atoms with Crippen LogP contribution < -0.4 is 0 Å². The van der Waals surface area contributed by atoms with Gasteiger partial charge >= 0.3 is 0 Å². The molecule has 2 rings (SSSR count). The van der Waals surface area contributed by atoms with Gasteiger partial charge in [0, 0.05) is 16.8 Å². The van der Waals surface area contributed by atoms with E-state index in [9.17, 15) is 0 Å². The fourth-order valence-corrected chi connectivity index (χ4v) is 4.86. The number of rotatable bonds is 1. The predicted octanol–water partition coefficient (Wildman–Crippen LogP) is 3.21. The largest absolute Gasteiger partial charge is 0.211 e. The summed E-state index contributed by atoms with van der Waals surface area (Å²) in [5.74, 6) is 3.48. The van der Waals surface area contributed by atoms with Crippen LogP contribution in [0.15, 0.2) is 3.92 Å². The van der Waals surface area contributed by atoms with Crippen molar-refractivity contribution in [2.24, 2.45) is 0 Å². The summed E-state index contributed by atoms with van der Waals surface area (Å²) in [6.07, 6.45) is 0. The topological polar surface area (TPSA) is 25.8 Å². The van der Waals surface area contributed by atoms with Gasteiger partial charge in [-0.15, -0.1) is 11.8 Å². The summed E-state index contributed by atoms with van der Waals surface area (Å²) in [6.45, 7) is 2.26. The number of hydrogen-bond acceptors (Lipinski definition) is 5. The number of thioether (sulfide) groups is 2. The molecule has 0 saturated carbocycles. The Morgan fingerprint density at radius 1 is 1.38 bits per heavy atom. The van der Waals surface area contributed by atoms with E-state index >= 15 is 0 Å². The highest BCUT2D eigenvalue weighted by Crippen LogP contribution is 2.41. The Hall–Kier alpha value is 0.740. The van der Waals surface area contributed by atoms with E-state index in [1.54, 1.807) is 0 Å². The van der Waals surface area contributed by atoms with Gasteiger partial charge in [0.05, 0.1) is 5.25 Å². The number of halogens is 1. The lowest BCUT2D eigenvalue weighted by Gasteiger charge is -2.25. The van der Waals surface area contributed by atoms with Crippen LogP contribution >= 0.6 is 51.0 Å². The molecular weight excluding hydrogens is 288 g/mol. The molecule has 2 atom stereocenters. The molecule has 6 heteroatoms. The molecular formula is C7H9BrN2S3. The summed E-state index contributed by atoms with van der Waals surface area (Å²) < 4.78 is 5.23. The van der Waals surface area contributed by atoms with Crippen LogP contribution in [0.25, 0.3) is 0 Å². The van der Waals surface area contributed by atoms with Crippen molar-refractivity contribution < 1.29 is 0 Å². The van der Waals surface area contributed by atoms with Gasteiger partial charge in [-0.2, -0.15) is 16.1 Å². The lowest BCUT2D eigenvalue weighted by atomic mass is 10.3. The summed E-state index contributed by atoms with van der Waals surface area (Å²) in [5.41, 5.74) is 0. The first-order chi connectivity index (χ1) is 6.27. The smallest absolute Gasteiger partial charge is 0.179 e. The number of hydrogen-bond donors (Lipinski definition) is 0. The maximum Gasteiger partial charge on any atom is 0.179 e. The van der Waals surface area contributed by atoms with Gasteiger partial charge < -0.3 is 0 Å². The highest BCUT2D eigenvalue weighted by Gasteiger charge is 2.27. The molecule has 72 valence electrons. The van der Waals surface area contributed by atoms with Crippen LogP contribution in [-0.2, 0) is 0 Å². The average Bonchev–Trinajstić information content (AvgIpc) is 2.53. The van der Waals surface area contributed by atoms with Crippen molar-refractivity contribution >= 4 is 51.0 Å². The van der Waals surface area contributed by atoms with Crippen LogP contribution in [-0.4, -0.2) is 26.1 Å². The van der Waals surface area contributed by atoms with Crippen LogP contribution in [0.5, 0.6) is 0 Å². The molecule has 1 saturated heterocycles. The van der Waals surface area contributed by atoms with Crippen LogP contribution in [0.1, 0.15) is 18.0 Å². The highest BCUT2D eigenvalue weighted by molar-refractivity contribution is 9.11. The maximum absolute atomic E-state index is 4.37. The molecule has 0 bridgehead atoms. The van der Waals surface area contributed by atoms with E-state index in [1.807, 2.05) is 23.5 Å². The second-order valence-corrected chi connectivity index (χ2v) is 7.54. The van der Waals surface area contributed by atoms with Crippen molar-refractivity contribution in [1.82, 2.24) is 9.36 Å². The predicted molar refractivity (Wildman–Crippen MR) is 64.7 cm³/mol. The average molecular weight is 297 g/mol. The zero-order valence-electron chi connectivity index (χ0n) is 7.07. The van der Waals surface area contributed by atoms with Crippen LogP contribution in [0.3, 0.4) is 0 Å². The van der Waals surface area contributed by atoms with Gasteiger partial charge in [-0.25, -0.2) is 4.98 Å². The van der Waals surface area contributed by atoms with Crippen molar-refractivity contribution in [3.8, 4) is 0 Å². The van der Waals surface area contributed by atoms with E-state index in [0.29, 0.717) is 10.5 Å². The molecule has 0 N–H and O–H groups in total. The van der Waals surface area contributed by atoms with Gasteiger partial charge in [0.2, 0.25) is 0 Å². The first-order valence-electron chi connectivity index (χ1n) is 3.99. The second kappa shape index (κ2) is 4.51. The number of aromatic nitrogens is 2. The molecule has 1 aliphatic rings. The van der Waals surface area contributed by atoms with Gasteiger partial charge in [0.25, 0.3) is 0 Å². The number of nitrogens with zero attached hydrogens (tertiary/aromatic N) is 2. The van der Waals surface area contributed by atoms with E-state index in [-0.39, 0.29) is 0 Å². The SMILES string of the molecule is CC1SCCSC1c1nsc(Br)n1. The van der Waals surface area contributed by atoms with E-state index in [4.69, 9.17) is 0 Å². The Kier molecular flexibility index (Phi) is 3.56. The highest BCUT2D eigenvalue weighted by atomic mass is 79.9.